The van der Waals surface area contributed by atoms with Crippen molar-refractivity contribution >= 4 is 18.3 Å². The molecule has 1 atom stereocenters. The Labute approximate surface area is 143 Å². The number of benzene rings is 1. The van der Waals surface area contributed by atoms with Crippen molar-refractivity contribution in [2.24, 2.45) is 11.7 Å². The number of hydrogen-bond acceptors (Lipinski definition) is 3. The molecule has 3 N–H and O–H groups in total. The summed E-state index contributed by atoms with van der Waals surface area (Å²) in [6.07, 6.45) is 0.862. The zero-order chi connectivity index (χ0) is 16.1. The number of nitrogens with one attached hydrogen (secondary N) is 1. The molecule has 0 spiro atoms. The molecule has 23 heavy (non-hydrogen) atoms. The lowest BCUT2D eigenvalue weighted by molar-refractivity contribution is 0.0928. The topological polar surface area (TPSA) is 72.9 Å². The van der Waals surface area contributed by atoms with E-state index < -0.39 is 0 Å². The fourth-order valence-electron chi connectivity index (χ4n) is 2.46. The Kier molecular flexibility index (Phi) is 7.26. The normalized spacial score (nSPS) is 11.9. The van der Waals surface area contributed by atoms with Gasteiger partial charge in [0.05, 0.1) is 5.69 Å². The van der Waals surface area contributed by atoms with Crippen LogP contribution in [0.1, 0.15) is 36.5 Å². The van der Waals surface area contributed by atoms with Crippen molar-refractivity contribution in [1.82, 2.24) is 15.1 Å². The highest BCUT2D eigenvalue weighted by Crippen LogP contribution is 2.12. The summed E-state index contributed by atoms with van der Waals surface area (Å²) in [6, 6.07) is 11.5. The molecule has 5 nitrogen and oxygen atoms in total. The molecule has 0 saturated carbocycles. The molecule has 0 aliphatic rings. The maximum Gasteiger partial charge on any atom is 0.272 e. The molecule has 1 unspecified atom stereocenters. The molecule has 0 saturated heterocycles. The third-order valence-corrected chi connectivity index (χ3v) is 3.50. The molecule has 0 bridgehead atoms. The number of carbonyl (C=O) groups is 1. The van der Waals surface area contributed by atoms with Gasteiger partial charge in [-0.25, -0.2) is 4.68 Å². The molecule has 0 aliphatic heterocycles. The van der Waals surface area contributed by atoms with E-state index in [2.05, 4.69) is 24.3 Å². The molecular weight excluding hydrogens is 312 g/mol. The third-order valence-electron chi connectivity index (χ3n) is 3.50. The average Bonchev–Trinajstić information content (AvgIpc) is 2.89. The second-order valence-electron chi connectivity index (χ2n) is 5.95. The van der Waals surface area contributed by atoms with Gasteiger partial charge in [0.25, 0.3) is 5.91 Å². The van der Waals surface area contributed by atoms with Crippen LogP contribution in [-0.4, -0.2) is 28.3 Å². The van der Waals surface area contributed by atoms with E-state index in [0.29, 0.717) is 18.2 Å². The van der Waals surface area contributed by atoms with Crippen molar-refractivity contribution in [3.63, 3.8) is 0 Å². The largest absolute Gasteiger partial charge is 0.347 e. The molecule has 0 aliphatic carbocycles. The Balaban J connectivity index is 0.00000264. The van der Waals surface area contributed by atoms with E-state index in [9.17, 15) is 4.79 Å². The number of carbonyl (C=O) groups excluding carboxylic acids is 1. The molecule has 0 fully saturated rings. The minimum Gasteiger partial charge on any atom is -0.347 e. The second kappa shape index (κ2) is 8.70. The number of nitrogens with zero attached hydrogens (tertiary/aromatic N) is 2. The Morgan fingerprint density at radius 3 is 2.52 bits per heavy atom. The fraction of sp³-hybridized carbons (Fsp3) is 0.412. The number of para-hydroxylation sites is 1. The standard InChI is InChI=1S/C17H24N4O.ClH/c1-12(2)9-14(11-18)19-17(22)16-10-13(3)21(20-16)15-7-5-4-6-8-15;/h4-8,10,12,14H,9,11,18H2,1-3H3,(H,19,22);1H. The van der Waals surface area contributed by atoms with Crippen LogP contribution in [0.15, 0.2) is 36.4 Å². The number of aromatic nitrogens is 2. The molecule has 1 aromatic carbocycles. The van der Waals surface area contributed by atoms with E-state index in [1.807, 2.05) is 37.3 Å². The number of rotatable bonds is 6. The highest BCUT2D eigenvalue weighted by Gasteiger charge is 2.17. The van der Waals surface area contributed by atoms with Crippen molar-refractivity contribution in [2.75, 3.05) is 6.54 Å². The summed E-state index contributed by atoms with van der Waals surface area (Å²) in [5, 5.41) is 7.38. The summed E-state index contributed by atoms with van der Waals surface area (Å²) in [5.74, 6) is 0.311. The summed E-state index contributed by atoms with van der Waals surface area (Å²) in [7, 11) is 0. The van der Waals surface area contributed by atoms with E-state index in [0.717, 1.165) is 17.8 Å². The van der Waals surface area contributed by atoms with Crippen LogP contribution in [0.4, 0.5) is 0 Å². The van der Waals surface area contributed by atoms with E-state index >= 15 is 0 Å². The van der Waals surface area contributed by atoms with Crippen LogP contribution in [0.25, 0.3) is 5.69 Å². The summed E-state index contributed by atoms with van der Waals surface area (Å²) < 4.78 is 1.77. The number of aryl methyl sites for hydroxylation is 1. The Bertz CT molecular complexity index is 625. The van der Waals surface area contributed by atoms with E-state index in [-0.39, 0.29) is 24.4 Å². The van der Waals surface area contributed by atoms with Gasteiger partial charge in [-0.15, -0.1) is 12.4 Å². The van der Waals surface area contributed by atoms with Crippen LogP contribution < -0.4 is 11.1 Å². The van der Waals surface area contributed by atoms with Crippen molar-refractivity contribution < 1.29 is 4.79 Å². The van der Waals surface area contributed by atoms with Crippen molar-refractivity contribution in [3.8, 4) is 5.69 Å². The van der Waals surface area contributed by atoms with Gasteiger partial charge in [-0.1, -0.05) is 32.0 Å². The van der Waals surface area contributed by atoms with Crippen LogP contribution in [0.5, 0.6) is 0 Å². The first kappa shape index (κ1) is 19.2. The lowest BCUT2D eigenvalue weighted by atomic mass is 10.0. The van der Waals surface area contributed by atoms with Crippen molar-refractivity contribution in [3.05, 3.63) is 47.8 Å². The van der Waals surface area contributed by atoms with Crippen LogP contribution in [-0.2, 0) is 0 Å². The molecule has 6 heteroatoms. The first-order chi connectivity index (χ1) is 10.5. The Hall–Kier alpha value is -1.85. The minimum atomic E-state index is -0.172. The number of amides is 1. The van der Waals surface area contributed by atoms with Gasteiger partial charge < -0.3 is 11.1 Å². The average molecular weight is 337 g/mol. The van der Waals surface area contributed by atoms with Crippen LogP contribution in [0, 0.1) is 12.8 Å². The fourth-order valence-corrected chi connectivity index (χ4v) is 2.46. The first-order valence-corrected chi connectivity index (χ1v) is 7.64. The maximum absolute atomic E-state index is 12.3. The molecule has 1 aromatic heterocycles. The van der Waals surface area contributed by atoms with Crippen LogP contribution in [0.2, 0.25) is 0 Å². The van der Waals surface area contributed by atoms with Gasteiger partial charge in [0.1, 0.15) is 0 Å². The van der Waals surface area contributed by atoms with Gasteiger partial charge in [-0.2, -0.15) is 5.10 Å². The molecular formula is C17H25ClN4O. The van der Waals surface area contributed by atoms with Gasteiger partial charge in [-0.05, 0) is 37.5 Å². The predicted octanol–water partition coefficient (Wildman–Crippen LogP) is 2.71. The van der Waals surface area contributed by atoms with Gasteiger partial charge in [-0.3, -0.25) is 4.79 Å². The molecule has 1 amide bonds. The predicted molar refractivity (Wildman–Crippen MR) is 95.3 cm³/mol. The number of halogens is 1. The summed E-state index contributed by atoms with van der Waals surface area (Å²) in [6.45, 7) is 6.60. The van der Waals surface area contributed by atoms with E-state index in [4.69, 9.17) is 5.73 Å². The molecule has 126 valence electrons. The zero-order valence-corrected chi connectivity index (χ0v) is 14.6. The van der Waals surface area contributed by atoms with Gasteiger partial charge in [0.2, 0.25) is 0 Å². The van der Waals surface area contributed by atoms with Crippen LogP contribution >= 0.6 is 12.4 Å². The minimum absolute atomic E-state index is 0. The number of nitrogens with two attached hydrogens (primary N) is 1. The third kappa shape index (κ3) is 5.08. The van der Waals surface area contributed by atoms with Crippen molar-refractivity contribution in [1.29, 1.82) is 0 Å². The molecule has 2 rings (SSSR count). The Morgan fingerprint density at radius 2 is 1.96 bits per heavy atom. The molecule has 2 aromatic rings. The molecule has 0 radical (unpaired) electrons. The summed E-state index contributed by atoms with van der Waals surface area (Å²) >= 11 is 0. The van der Waals surface area contributed by atoms with Crippen molar-refractivity contribution in [2.45, 2.75) is 33.2 Å². The maximum atomic E-state index is 12.3. The Morgan fingerprint density at radius 1 is 1.30 bits per heavy atom. The summed E-state index contributed by atoms with van der Waals surface area (Å²) in [5.41, 5.74) is 8.02. The zero-order valence-electron chi connectivity index (χ0n) is 13.8. The lowest BCUT2D eigenvalue weighted by Crippen LogP contribution is -2.41. The SMILES string of the molecule is Cc1cc(C(=O)NC(CN)CC(C)C)nn1-c1ccccc1.Cl. The molecule has 1 heterocycles. The van der Waals surface area contributed by atoms with Gasteiger partial charge in [0.15, 0.2) is 5.69 Å². The quantitative estimate of drug-likeness (QED) is 0.851. The smallest absolute Gasteiger partial charge is 0.272 e. The monoisotopic (exact) mass is 336 g/mol. The first-order valence-electron chi connectivity index (χ1n) is 7.64. The summed E-state index contributed by atoms with van der Waals surface area (Å²) in [4.78, 5) is 12.3. The van der Waals surface area contributed by atoms with Gasteiger partial charge >= 0.3 is 0 Å². The lowest BCUT2D eigenvalue weighted by Gasteiger charge is -2.18. The number of hydrogen-bond donors (Lipinski definition) is 2. The highest BCUT2D eigenvalue weighted by molar-refractivity contribution is 5.92. The van der Waals surface area contributed by atoms with Gasteiger partial charge in [0, 0.05) is 18.3 Å². The van der Waals surface area contributed by atoms with E-state index in [1.54, 1.807) is 10.7 Å². The highest BCUT2D eigenvalue weighted by atomic mass is 35.5. The van der Waals surface area contributed by atoms with Crippen LogP contribution in [0.3, 0.4) is 0 Å². The van der Waals surface area contributed by atoms with E-state index in [1.165, 1.54) is 0 Å². The second-order valence-corrected chi connectivity index (χ2v) is 5.95.